The van der Waals surface area contributed by atoms with E-state index < -0.39 is 0 Å². The van der Waals surface area contributed by atoms with Crippen LogP contribution in [0.25, 0.3) is 0 Å². The average molecular weight is 251 g/mol. The van der Waals surface area contributed by atoms with E-state index in [4.69, 9.17) is 4.74 Å². The van der Waals surface area contributed by atoms with Crippen LogP contribution in [-0.2, 0) is 4.74 Å². The van der Waals surface area contributed by atoms with Crippen LogP contribution in [0.5, 0.6) is 0 Å². The van der Waals surface area contributed by atoms with Crippen LogP contribution in [0.3, 0.4) is 0 Å². The van der Waals surface area contributed by atoms with E-state index in [0.29, 0.717) is 17.9 Å². The van der Waals surface area contributed by atoms with E-state index >= 15 is 0 Å². The van der Waals surface area contributed by atoms with E-state index in [1.165, 1.54) is 38.6 Å². The molecule has 0 aromatic heterocycles. The second kappa shape index (κ2) is 4.49. The van der Waals surface area contributed by atoms with Crippen LogP contribution >= 0.6 is 0 Å². The fraction of sp³-hybridized carbons (Fsp3) is 1.00. The largest absolute Gasteiger partial charge is 0.360 e. The summed E-state index contributed by atoms with van der Waals surface area (Å²) in [6.07, 6.45) is 7.54. The lowest BCUT2D eigenvalue weighted by Gasteiger charge is -2.59. The molecule has 1 aliphatic carbocycles. The SMILES string of the molecule is C[C@@H]1CCN2[C@H](C1)O[C@@H]1C[C@H](C)CC[C@H]1C2(C)C. The number of piperidine rings is 1. The van der Waals surface area contributed by atoms with Gasteiger partial charge in [0.15, 0.2) is 0 Å². The zero-order valence-corrected chi connectivity index (χ0v) is 12.5. The Morgan fingerprint density at radius 2 is 1.72 bits per heavy atom. The van der Waals surface area contributed by atoms with E-state index in [-0.39, 0.29) is 0 Å². The molecule has 3 aliphatic rings. The third-order valence-corrected chi connectivity index (χ3v) is 5.85. The molecule has 2 heteroatoms. The first-order chi connectivity index (χ1) is 8.48. The second-order valence-corrected chi connectivity index (χ2v) is 7.63. The molecule has 2 aliphatic heterocycles. The smallest absolute Gasteiger partial charge is 0.111 e. The van der Waals surface area contributed by atoms with Crippen molar-refractivity contribution in [3.05, 3.63) is 0 Å². The molecule has 2 saturated heterocycles. The van der Waals surface area contributed by atoms with Gasteiger partial charge in [0.1, 0.15) is 6.23 Å². The molecule has 18 heavy (non-hydrogen) atoms. The summed E-state index contributed by atoms with van der Waals surface area (Å²) >= 11 is 0. The van der Waals surface area contributed by atoms with Crippen molar-refractivity contribution >= 4 is 0 Å². The Morgan fingerprint density at radius 3 is 2.50 bits per heavy atom. The Bertz CT molecular complexity index is 286. The maximum atomic E-state index is 6.50. The first kappa shape index (κ1) is 12.9. The van der Waals surface area contributed by atoms with Gasteiger partial charge in [-0.2, -0.15) is 0 Å². The Balaban J connectivity index is 1.82. The van der Waals surface area contributed by atoms with Gasteiger partial charge in [0.05, 0.1) is 6.10 Å². The highest BCUT2D eigenvalue weighted by Crippen LogP contribution is 2.47. The van der Waals surface area contributed by atoms with Crippen molar-refractivity contribution in [3.63, 3.8) is 0 Å². The molecule has 1 saturated carbocycles. The minimum atomic E-state index is 0.341. The van der Waals surface area contributed by atoms with Gasteiger partial charge in [-0.1, -0.05) is 20.3 Å². The summed E-state index contributed by atoms with van der Waals surface area (Å²) in [5.41, 5.74) is 0.341. The van der Waals surface area contributed by atoms with Gasteiger partial charge in [0, 0.05) is 18.0 Å². The van der Waals surface area contributed by atoms with Crippen LogP contribution in [0.15, 0.2) is 0 Å². The average Bonchev–Trinajstić information content (AvgIpc) is 2.27. The molecule has 0 radical (unpaired) electrons. The lowest BCUT2D eigenvalue weighted by Crippen LogP contribution is -2.66. The van der Waals surface area contributed by atoms with Crippen molar-refractivity contribution < 1.29 is 4.74 Å². The fourth-order valence-electron chi connectivity index (χ4n) is 4.58. The van der Waals surface area contributed by atoms with Gasteiger partial charge in [-0.3, -0.25) is 4.90 Å². The first-order valence-electron chi connectivity index (χ1n) is 7.90. The number of ether oxygens (including phenoxy) is 1. The van der Waals surface area contributed by atoms with Crippen molar-refractivity contribution in [1.29, 1.82) is 0 Å². The van der Waals surface area contributed by atoms with Crippen molar-refractivity contribution in [2.75, 3.05) is 6.54 Å². The normalized spacial score (nSPS) is 48.3. The molecule has 3 fully saturated rings. The topological polar surface area (TPSA) is 12.5 Å². The molecular weight excluding hydrogens is 222 g/mol. The highest BCUT2D eigenvalue weighted by molar-refractivity contribution is 5.01. The van der Waals surface area contributed by atoms with Crippen molar-refractivity contribution in [2.45, 2.75) is 77.7 Å². The molecule has 0 unspecified atom stereocenters. The van der Waals surface area contributed by atoms with Gasteiger partial charge in [-0.25, -0.2) is 0 Å². The third-order valence-electron chi connectivity index (χ3n) is 5.85. The minimum absolute atomic E-state index is 0.341. The van der Waals surface area contributed by atoms with E-state index in [9.17, 15) is 0 Å². The Labute approximate surface area is 112 Å². The Kier molecular flexibility index (Phi) is 3.22. The molecular formula is C16H29NO. The molecule has 0 amide bonds. The summed E-state index contributed by atoms with van der Waals surface area (Å²) in [5.74, 6) is 2.44. The molecule has 0 N–H and O–H groups in total. The zero-order valence-electron chi connectivity index (χ0n) is 12.5. The van der Waals surface area contributed by atoms with Crippen LogP contribution in [0.4, 0.5) is 0 Å². The van der Waals surface area contributed by atoms with Crippen LogP contribution in [-0.4, -0.2) is 29.3 Å². The van der Waals surface area contributed by atoms with Gasteiger partial charge >= 0.3 is 0 Å². The van der Waals surface area contributed by atoms with E-state index in [0.717, 1.165) is 17.8 Å². The maximum absolute atomic E-state index is 6.50. The summed E-state index contributed by atoms with van der Waals surface area (Å²) in [6, 6.07) is 0. The number of nitrogens with zero attached hydrogens (tertiary/aromatic N) is 1. The fourth-order valence-corrected chi connectivity index (χ4v) is 4.58. The summed E-state index contributed by atoms with van der Waals surface area (Å²) in [5, 5.41) is 0. The summed E-state index contributed by atoms with van der Waals surface area (Å²) in [4.78, 5) is 2.67. The monoisotopic (exact) mass is 251 g/mol. The van der Waals surface area contributed by atoms with Crippen molar-refractivity contribution in [3.8, 4) is 0 Å². The van der Waals surface area contributed by atoms with Gasteiger partial charge in [0.2, 0.25) is 0 Å². The molecule has 104 valence electrons. The van der Waals surface area contributed by atoms with Gasteiger partial charge in [-0.05, 0) is 51.4 Å². The van der Waals surface area contributed by atoms with Gasteiger partial charge in [0.25, 0.3) is 0 Å². The Hall–Kier alpha value is -0.0800. The molecule has 0 spiro atoms. The van der Waals surface area contributed by atoms with Gasteiger partial charge in [-0.15, -0.1) is 0 Å². The lowest BCUT2D eigenvalue weighted by molar-refractivity contribution is -0.247. The minimum Gasteiger partial charge on any atom is -0.360 e. The number of fused-ring (bicyclic) bond motifs is 2. The quantitative estimate of drug-likeness (QED) is 0.651. The van der Waals surface area contributed by atoms with E-state index in [2.05, 4.69) is 32.6 Å². The van der Waals surface area contributed by atoms with Crippen LogP contribution in [0.1, 0.15) is 59.8 Å². The highest BCUT2D eigenvalue weighted by atomic mass is 16.5. The standard InChI is InChI=1S/C16H29NO/c1-11-5-6-13-14(9-11)18-15-10-12(2)7-8-17(15)16(13,3)4/h11-15H,5-10H2,1-4H3/t11-,12-,13-,14-,15+/m1/s1. The van der Waals surface area contributed by atoms with Crippen molar-refractivity contribution in [2.24, 2.45) is 17.8 Å². The molecule has 5 atom stereocenters. The zero-order chi connectivity index (χ0) is 12.9. The highest BCUT2D eigenvalue weighted by Gasteiger charge is 2.51. The molecule has 0 bridgehead atoms. The van der Waals surface area contributed by atoms with Gasteiger partial charge < -0.3 is 4.74 Å². The summed E-state index contributed by atoms with van der Waals surface area (Å²) in [6.45, 7) is 10.9. The predicted molar refractivity (Wildman–Crippen MR) is 74.3 cm³/mol. The van der Waals surface area contributed by atoms with Crippen LogP contribution in [0.2, 0.25) is 0 Å². The molecule has 3 rings (SSSR count). The Morgan fingerprint density at radius 1 is 1.00 bits per heavy atom. The molecule has 0 aromatic carbocycles. The number of rotatable bonds is 0. The van der Waals surface area contributed by atoms with E-state index in [1.54, 1.807) is 0 Å². The third kappa shape index (κ3) is 2.02. The predicted octanol–water partition coefficient (Wildman–Crippen LogP) is 3.66. The first-order valence-corrected chi connectivity index (χ1v) is 7.90. The van der Waals surface area contributed by atoms with Crippen LogP contribution in [0, 0.1) is 17.8 Å². The summed E-state index contributed by atoms with van der Waals surface area (Å²) < 4.78 is 6.50. The maximum Gasteiger partial charge on any atom is 0.111 e. The molecule has 2 heterocycles. The van der Waals surface area contributed by atoms with E-state index in [1.807, 2.05) is 0 Å². The van der Waals surface area contributed by atoms with Crippen LogP contribution < -0.4 is 0 Å². The summed E-state index contributed by atoms with van der Waals surface area (Å²) in [7, 11) is 0. The molecule has 0 aromatic rings. The van der Waals surface area contributed by atoms with Crippen molar-refractivity contribution in [1.82, 2.24) is 4.90 Å². The molecule has 2 nitrogen and oxygen atoms in total. The number of hydrogen-bond acceptors (Lipinski definition) is 2. The number of hydrogen-bond donors (Lipinski definition) is 0. The lowest BCUT2D eigenvalue weighted by atomic mass is 9.69. The second-order valence-electron chi connectivity index (χ2n) is 7.63.